The molecular weight excluding hydrogens is 292 g/mol. The Morgan fingerprint density at radius 1 is 1.39 bits per heavy atom. The van der Waals surface area contributed by atoms with Gasteiger partial charge in [-0.3, -0.25) is 9.69 Å². The fraction of sp³-hybridized carbons (Fsp3) is 0.611. The van der Waals surface area contributed by atoms with Gasteiger partial charge in [-0.1, -0.05) is 30.7 Å². The molecular formula is C18H28N2O3. The van der Waals surface area contributed by atoms with Crippen LogP contribution in [0.2, 0.25) is 0 Å². The first kappa shape index (κ1) is 17.9. The SMILES string of the molecule is COCc1cccc(CNC(=O)CN2C(C)CCCC2CO)c1. The van der Waals surface area contributed by atoms with E-state index in [1.54, 1.807) is 7.11 Å². The van der Waals surface area contributed by atoms with Crippen molar-refractivity contribution in [2.75, 3.05) is 20.3 Å². The maximum atomic E-state index is 12.2. The second-order valence-electron chi connectivity index (χ2n) is 6.32. The molecule has 0 spiro atoms. The summed E-state index contributed by atoms with van der Waals surface area (Å²) in [6.07, 6.45) is 3.17. The Bertz CT molecular complexity index is 507. The van der Waals surface area contributed by atoms with Crippen LogP contribution in [0.25, 0.3) is 0 Å². The van der Waals surface area contributed by atoms with Gasteiger partial charge in [0.15, 0.2) is 0 Å². The minimum absolute atomic E-state index is 0.00865. The van der Waals surface area contributed by atoms with E-state index < -0.39 is 0 Å². The summed E-state index contributed by atoms with van der Waals surface area (Å²) < 4.78 is 5.13. The van der Waals surface area contributed by atoms with Gasteiger partial charge in [0.25, 0.3) is 0 Å². The van der Waals surface area contributed by atoms with Gasteiger partial charge in [0.2, 0.25) is 5.91 Å². The minimum atomic E-state index is 0.00865. The van der Waals surface area contributed by atoms with Crippen LogP contribution in [0.4, 0.5) is 0 Å². The average molecular weight is 320 g/mol. The summed E-state index contributed by atoms with van der Waals surface area (Å²) in [5.74, 6) is 0.00865. The Labute approximate surface area is 138 Å². The van der Waals surface area contributed by atoms with Gasteiger partial charge in [-0.05, 0) is 30.9 Å². The Morgan fingerprint density at radius 2 is 2.17 bits per heavy atom. The number of rotatable bonds is 7. The van der Waals surface area contributed by atoms with Gasteiger partial charge in [0, 0.05) is 25.7 Å². The molecule has 5 nitrogen and oxygen atoms in total. The van der Waals surface area contributed by atoms with Crippen molar-refractivity contribution in [2.24, 2.45) is 0 Å². The number of nitrogens with one attached hydrogen (secondary N) is 1. The van der Waals surface area contributed by atoms with E-state index >= 15 is 0 Å². The van der Waals surface area contributed by atoms with Crippen molar-refractivity contribution in [1.29, 1.82) is 0 Å². The molecule has 2 unspecified atom stereocenters. The number of methoxy groups -OCH3 is 1. The fourth-order valence-electron chi connectivity index (χ4n) is 3.24. The third kappa shape index (κ3) is 5.30. The van der Waals surface area contributed by atoms with Crippen LogP contribution < -0.4 is 5.32 Å². The number of amides is 1. The quantitative estimate of drug-likeness (QED) is 0.802. The van der Waals surface area contributed by atoms with Crippen molar-refractivity contribution in [3.63, 3.8) is 0 Å². The summed E-state index contributed by atoms with van der Waals surface area (Å²) >= 11 is 0. The molecule has 1 aromatic rings. The lowest BCUT2D eigenvalue weighted by Gasteiger charge is -2.39. The first-order valence-electron chi connectivity index (χ1n) is 8.34. The molecule has 1 saturated heterocycles. The van der Waals surface area contributed by atoms with Crippen molar-refractivity contribution in [3.8, 4) is 0 Å². The zero-order valence-electron chi connectivity index (χ0n) is 14.1. The van der Waals surface area contributed by atoms with Crippen LogP contribution in [-0.4, -0.2) is 48.3 Å². The monoisotopic (exact) mass is 320 g/mol. The number of likely N-dealkylation sites (tertiary alicyclic amines) is 1. The highest BCUT2D eigenvalue weighted by molar-refractivity contribution is 5.78. The fourth-order valence-corrected chi connectivity index (χ4v) is 3.24. The van der Waals surface area contributed by atoms with Gasteiger partial charge in [0.1, 0.15) is 0 Å². The molecule has 1 heterocycles. The predicted octanol–water partition coefficient (Wildman–Crippen LogP) is 1.68. The molecule has 1 fully saturated rings. The van der Waals surface area contributed by atoms with Gasteiger partial charge in [-0.15, -0.1) is 0 Å². The molecule has 5 heteroatoms. The third-order valence-electron chi connectivity index (χ3n) is 4.52. The Hall–Kier alpha value is -1.43. The molecule has 128 valence electrons. The van der Waals surface area contributed by atoms with E-state index in [0.29, 0.717) is 25.7 Å². The number of hydrogen-bond donors (Lipinski definition) is 2. The summed E-state index contributed by atoms with van der Waals surface area (Å²) in [6.45, 7) is 3.69. The lowest BCUT2D eigenvalue weighted by molar-refractivity contribution is -0.124. The molecule has 0 bridgehead atoms. The molecule has 1 aromatic carbocycles. The number of ether oxygens (including phenoxy) is 1. The van der Waals surface area contributed by atoms with E-state index in [0.717, 1.165) is 30.4 Å². The molecule has 23 heavy (non-hydrogen) atoms. The Morgan fingerprint density at radius 3 is 2.91 bits per heavy atom. The number of benzene rings is 1. The van der Waals surface area contributed by atoms with Gasteiger partial charge in [0.05, 0.1) is 19.8 Å². The smallest absolute Gasteiger partial charge is 0.234 e. The van der Waals surface area contributed by atoms with Crippen molar-refractivity contribution in [1.82, 2.24) is 10.2 Å². The molecule has 0 aliphatic carbocycles. The number of nitrogens with zero attached hydrogens (tertiary/aromatic N) is 1. The number of carbonyl (C=O) groups is 1. The van der Waals surface area contributed by atoms with E-state index in [-0.39, 0.29) is 18.6 Å². The highest BCUT2D eigenvalue weighted by atomic mass is 16.5. The maximum absolute atomic E-state index is 12.2. The summed E-state index contributed by atoms with van der Waals surface area (Å²) in [5.41, 5.74) is 2.17. The van der Waals surface area contributed by atoms with Crippen molar-refractivity contribution in [2.45, 2.75) is 51.4 Å². The van der Waals surface area contributed by atoms with Crippen LogP contribution in [0.1, 0.15) is 37.3 Å². The van der Waals surface area contributed by atoms with E-state index in [4.69, 9.17) is 4.74 Å². The molecule has 0 aromatic heterocycles. The number of aliphatic hydroxyl groups is 1. The molecule has 1 aliphatic rings. The average Bonchev–Trinajstić information content (AvgIpc) is 2.55. The Kier molecular flexibility index (Phi) is 7.02. The molecule has 0 radical (unpaired) electrons. The molecule has 0 saturated carbocycles. The van der Waals surface area contributed by atoms with Crippen LogP contribution in [0.15, 0.2) is 24.3 Å². The molecule has 1 aliphatic heterocycles. The molecule has 2 atom stereocenters. The second-order valence-corrected chi connectivity index (χ2v) is 6.32. The van der Waals surface area contributed by atoms with Gasteiger partial charge in [-0.2, -0.15) is 0 Å². The van der Waals surface area contributed by atoms with Gasteiger partial charge in [-0.25, -0.2) is 0 Å². The summed E-state index contributed by atoms with van der Waals surface area (Å²) in [6, 6.07) is 8.48. The van der Waals surface area contributed by atoms with E-state index in [2.05, 4.69) is 17.1 Å². The maximum Gasteiger partial charge on any atom is 0.234 e. The number of aliphatic hydroxyl groups excluding tert-OH is 1. The predicted molar refractivity (Wildman–Crippen MR) is 89.9 cm³/mol. The molecule has 2 N–H and O–H groups in total. The van der Waals surface area contributed by atoms with Crippen molar-refractivity contribution >= 4 is 5.91 Å². The molecule has 1 amide bonds. The Balaban J connectivity index is 1.85. The van der Waals surface area contributed by atoms with Crippen LogP contribution in [-0.2, 0) is 22.7 Å². The van der Waals surface area contributed by atoms with Gasteiger partial charge < -0.3 is 15.2 Å². The zero-order valence-corrected chi connectivity index (χ0v) is 14.1. The zero-order chi connectivity index (χ0) is 16.7. The highest BCUT2D eigenvalue weighted by Gasteiger charge is 2.28. The minimum Gasteiger partial charge on any atom is -0.395 e. The summed E-state index contributed by atoms with van der Waals surface area (Å²) in [4.78, 5) is 14.4. The largest absolute Gasteiger partial charge is 0.395 e. The molecule has 2 rings (SSSR count). The second kappa shape index (κ2) is 9.01. The van der Waals surface area contributed by atoms with Crippen LogP contribution >= 0.6 is 0 Å². The lowest BCUT2D eigenvalue weighted by atomic mass is 9.97. The first-order valence-corrected chi connectivity index (χ1v) is 8.34. The number of hydrogen-bond acceptors (Lipinski definition) is 4. The van der Waals surface area contributed by atoms with Gasteiger partial charge >= 0.3 is 0 Å². The van der Waals surface area contributed by atoms with Crippen LogP contribution in [0.3, 0.4) is 0 Å². The van der Waals surface area contributed by atoms with Crippen molar-refractivity contribution in [3.05, 3.63) is 35.4 Å². The highest BCUT2D eigenvalue weighted by Crippen LogP contribution is 2.22. The number of piperidine rings is 1. The topological polar surface area (TPSA) is 61.8 Å². The van der Waals surface area contributed by atoms with Crippen LogP contribution in [0.5, 0.6) is 0 Å². The standard InChI is InChI=1S/C18H28N2O3/c1-14-5-3-8-17(12-21)20(14)11-18(22)19-10-15-6-4-7-16(9-15)13-23-2/h4,6-7,9,14,17,21H,3,5,8,10-13H2,1-2H3,(H,19,22). The van der Waals surface area contributed by atoms with E-state index in [1.807, 2.05) is 24.3 Å². The lowest BCUT2D eigenvalue weighted by Crippen LogP contribution is -2.51. The first-order chi connectivity index (χ1) is 11.1. The van der Waals surface area contributed by atoms with Crippen molar-refractivity contribution < 1.29 is 14.6 Å². The third-order valence-corrected chi connectivity index (χ3v) is 4.52. The normalized spacial score (nSPS) is 22.0. The van der Waals surface area contributed by atoms with E-state index in [9.17, 15) is 9.90 Å². The van der Waals surface area contributed by atoms with E-state index in [1.165, 1.54) is 0 Å². The summed E-state index contributed by atoms with van der Waals surface area (Å²) in [5, 5.41) is 12.5. The number of carbonyl (C=O) groups excluding carboxylic acids is 1. The van der Waals surface area contributed by atoms with Crippen LogP contribution in [0, 0.1) is 0 Å². The summed E-state index contributed by atoms with van der Waals surface area (Å²) in [7, 11) is 1.67.